The number of nitrogens with two attached hydrogens (primary N) is 1. The van der Waals surface area contributed by atoms with Gasteiger partial charge in [0.05, 0.1) is 27.1 Å². The minimum Gasteiger partial charge on any atom is -0.396 e. The van der Waals surface area contributed by atoms with Gasteiger partial charge in [0.1, 0.15) is 5.82 Å². The van der Waals surface area contributed by atoms with E-state index in [0.717, 1.165) is 0 Å². The highest BCUT2D eigenvalue weighted by molar-refractivity contribution is 9.10. The molecule has 17 heavy (non-hydrogen) atoms. The van der Waals surface area contributed by atoms with Crippen LogP contribution < -0.4 is 11.1 Å². The van der Waals surface area contributed by atoms with E-state index in [2.05, 4.69) is 26.2 Å². The minimum atomic E-state index is -0.362. The van der Waals surface area contributed by atoms with Gasteiger partial charge < -0.3 is 11.1 Å². The zero-order valence-electron chi connectivity index (χ0n) is 8.55. The molecular weight excluding hydrogens is 308 g/mol. The minimum absolute atomic E-state index is 0.362. The molecule has 0 saturated carbocycles. The average Bonchev–Trinajstić information content (AvgIpc) is 2.28. The lowest BCUT2D eigenvalue weighted by atomic mass is 10.3. The number of hydrogen-bond acceptors (Lipinski definition) is 3. The van der Waals surface area contributed by atoms with Gasteiger partial charge in [-0.2, -0.15) is 0 Å². The number of pyridine rings is 1. The number of aromatic nitrogens is 1. The number of benzene rings is 1. The van der Waals surface area contributed by atoms with E-state index in [1.807, 2.05) is 0 Å². The smallest absolute Gasteiger partial charge is 0.139 e. The van der Waals surface area contributed by atoms with Crippen molar-refractivity contribution >= 4 is 44.6 Å². The molecule has 0 aliphatic heterocycles. The first-order chi connectivity index (χ1) is 8.08. The molecule has 6 heteroatoms. The zero-order chi connectivity index (χ0) is 12.4. The highest BCUT2D eigenvalue weighted by atomic mass is 79.9. The van der Waals surface area contributed by atoms with Crippen LogP contribution in [0.5, 0.6) is 0 Å². The molecule has 1 aromatic carbocycles. The third-order valence-corrected chi connectivity index (χ3v) is 3.05. The van der Waals surface area contributed by atoms with Gasteiger partial charge in [-0.1, -0.05) is 11.6 Å². The fourth-order valence-corrected chi connectivity index (χ4v) is 1.76. The van der Waals surface area contributed by atoms with Crippen molar-refractivity contribution in [3.63, 3.8) is 0 Å². The Morgan fingerprint density at radius 1 is 1.35 bits per heavy atom. The van der Waals surface area contributed by atoms with Crippen LogP contribution >= 0.6 is 27.5 Å². The maximum absolute atomic E-state index is 13.3. The summed E-state index contributed by atoms with van der Waals surface area (Å²) in [5.41, 5.74) is 7.21. The summed E-state index contributed by atoms with van der Waals surface area (Å²) < 4.78 is 13.7. The monoisotopic (exact) mass is 315 g/mol. The summed E-state index contributed by atoms with van der Waals surface area (Å²) >= 11 is 9.02. The van der Waals surface area contributed by atoms with Crippen molar-refractivity contribution in [2.45, 2.75) is 0 Å². The lowest BCUT2D eigenvalue weighted by Crippen LogP contribution is -1.98. The first-order valence-electron chi connectivity index (χ1n) is 4.69. The Balaban J connectivity index is 2.35. The molecule has 3 nitrogen and oxygen atoms in total. The van der Waals surface area contributed by atoms with Crippen LogP contribution in [0.25, 0.3) is 0 Å². The van der Waals surface area contributed by atoms with Crippen molar-refractivity contribution in [3.8, 4) is 0 Å². The van der Waals surface area contributed by atoms with Crippen LogP contribution in [0, 0.1) is 5.82 Å². The quantitative estimate of drug-likeness (QED) is 0.881. The van der Waals surface area contributed by atoms with Crippen molar-refractivity contribution in [2.24, 2.45) is 0 Å². The second-order valence-corrected chi connectivity index (χ2v) is 4.60. The maximum atomic E-state index is 13.3. The number of nitrogens with one attached hydrogen (secondary N) is 1. The molecule has 0 fully saturated rings. The van der Waals surface area contributed by atoms with Crippen molar-refractivity contribution in [1.29, 1.82) is 0 Å². The van der Waals surface area contributed by atoms with Crippen molar-refractivity contribution < 1.29 is 4.39 Å². The largest absolute Gasteiger partial charge is 0.396 e. The van der Waals surface area contributed by atoms with Gasteiger partial charge in [-0.05, 0) is 34.1 Å². The van der Waals surface area contributed by atoms with Crippen molar-refractivity contribution in [2.75, 3.05) is 11.1 Å². The summed E-state index contributed by atoms with van der Waals surface area (Å²) in [6, 6.07) is 4.66. The highest BCUT2D eigenvalue weighted by Gasteiger charge is 2.07. The Kier molecular flexibility index (Phi) is 3.49. The van der Waals surface area contributed by atoms with E-state index < -0.39 is 0 Å². The number of halogens is 3. The van der Waals surface area contributed by atoms with E-state index in [1.165, 1.54) is 18.5 Å². The molecule has 0 amide bonds. The van der Waals surface area contributed by atoms with Gasteiger partial charge >= 0.3 is 0 Å². The highest BCUT2D eigenvalue weighted by Crippen LogP contribution is 2.30. The summed E-state index contributed by atoms with van der Waals surface area (Å²) in [4.78, 5) is 3.84. The molecule has 2 aromatic rings. The first-order valence-corrected chi connectivity index (χ1v) is 5.86. The van der Waals surface area contributed by atoms with Crippen LogP contribution in [0.2, 0.25) is 5.02 Å². The summed E-state index contributed by atoms with van der Waals surface area (Å²) in [6.07, 6.45) is 2.94. The Bertz CT molecular complexity index is 542. The SMILES string of the molecule is Nc1cncc(Cl)c1Nc1ccc(Br)c(F)c1. The zero-order valence-corrected chi connectivity index (χ0v) is 10.9. The van der Waals surface area contributed by atoms with Crippen LogP contribution in [-0.2, 0) is 0 Å². The van der Waals surface area contributed by atoms with E-state index in [4.69, 9.17) is 17.3 Å². The predicted octanol–water partition coefficient (Wildman–Crippen LogP) is 3.96. The molecule has 0 bridgehead atoms. The Labute approximate surface area is 111 Å². The Morgan fingerprint density at radius 3 is 2.76 bits per heavy atom. The second kappa shape index (κ2) is 4.89. The molecule has 3 N–H and O–H groups in total. The van der Waals surface area contributed by atoms with Gasteiger partial charge in [-0.25, -0.2) is 4.39 Å². The summed E-state index contributed by atoms with van der Waals surface area (Å²) in [5, 5.41) is 3.33. The average molecular weight is 317 g/mol. The van der Waals surface area contributed by atoms with Crippen LogP contribution in [-0.4, -0.2) is 4.98 Å². The van der Waals surface area contributed by atoms with Gasteiger partial charge in [-0.3, -0.25) is 4.98 Å². The maximum Gasteiger partial charge on any atom is 0.139 e. The number of hydrogen-bond donors (Lipinski definition) is 2. The number of rotatable bonds is 2. The molecule has 0 aliphatic carbocycles. The van der Waals surface area contributed by atoms with E-state index in [9.17, 15) is 4.39 Å². The topological polar surface area (TPSA) is 50.9 Å². The molecule has 88 valence electrons. The van der Waals surface area contributed by atoms with Crippen LogP contribution in [0.4, 0.5) is 21.5 Å². The van der Waals surface area contributed by atoms with Gasteiger partial charge in [0, 0.05) is 11.9 Å². The molecule has 0 aliphatic rings. The van der Waals surface area contributed by atoms with Crippen LogP contribution in [0.3, 0.4) is 0 Å². The number of nitrogen functional groups attached to an aromatic ring is 1. The molecule has 0 radical (unpaired) electrons. The number of nitrogens with zero attached hydrogens (tertiary/aromatic N) is 1. The lowest BCUT2D eigenvalue weighted by Gasteiger charge is -2.10. The van der Waals surface area contributed by atoms with E-state index in [1.54, 1.807) is 12.1 Å². The van der Waals surface area contributed by atoms with E-state index in [0.29, 0.717) is 26.6 Å². The second-order valence-electron chi connectivity index (χ2n) is 3.34. The van der Waals surface area contributed by atoms with Crippen LogP contribution in [0.1, 0.15) is 0 Å². The third-order valence-electron chi connectivity index (χ3n) is 2.12. The standard InChI is InChI=1S/C11H8BrClFN3/c12-7-2-1-6(3-9(7)14)17-11-8(13)4-16-5-10(11)15/h1-5H,15H2,(H,16,17). The Morgan fingerprint density at radius 2 is 2.12 bits per heavy atom. The fourth-order valence-electron chi connectivity index (χ4n) is 1.30. The van der Waals surface area contributed by atoms with Crippen molar-refractivity contribution in [1.82, 2.24) is 4.98 Å². The number of anilines is 3. The van der Waals surface area contributed by atoms with Gasteiger partial charge in [-0.15, -0.1) is 0 Å². The predicted molar refractivity (Wildman–Crippen MR) is 71.0 cm³/mol. The van der Waals surface area contributed by atoms with Crippen molar-refractivity contribution in [3.05, 3.63) is 45.9 Å². The molecule has 0 atom stereocenters. The van der Waals surface area contributed by atoms with Gasteiger partial charge in [0.2, 0.25) is 0 Å². The molecule has 1 aromatic heterocycles. The summed E-state index contributed by atoms with van der Waals surface area (Å²) in [7, 11) is 0. The Hall–Kier alpha value is -1.33. The van der Waals surface area contributed by atoms with Gasteiger partial charge in [0.25, 0.3) is 0 Å². The van der Waals surface area contributed by atoms with Crippen LogP contribution in [0.15, 0.2) is 35.1 Å². The molecule has 0 unspecified atom stereocenters. The van der Waals surface area contributed by atoms with Gasteiger partial charge in [0.15, 0.2) is 0 Å². The normalized spacial score (nSPS) is 10.3. The van der Waals surface area contributed by atoms with E-state index >= 15 is 0 Å². The molecule has 2 rings (SSSR count). The lowest BCUT2D eigenvalue weighted by molar-refractivity contribution is 0.622. The molecule has 1 heterocycles. The van der Waals surface area contributed by atoms with E-state index in [-0.39, 0.29) is 5.82 Å². The first kappa shape index (κ1) is 12.1. The molecule has 0 spiro atoms. The third kappa shape index (κ3) is 2.68. The summed E-state index contributed by atoms with van der Waals surface area (Å²) in [5.74, 6) is -0.362. The molecular formula is C11H8BrClFN3. The summed E-state index contributed by atoms with van der Waals surface area (Å²) in [6.45, 7) is 0. The fraction of sp³-hybridized carbons (Fsp3) is 0. The molecule has 0 saturated heterocycles.